The summed E-state index contributed by atoms with van der Waals surface area (Å²) in [5, 5.41) is 3.74. The van der Waals surface area contributed by atoms with Gasteiger partial charge in [-0.05, 0) is 67.5 Å². The Balaban J connectivity index is 1.89. The number of carbonyl (C=O) groups excluding carboxylic acids is 2. The van der Waals surface area contributed by atoms with Crippen LogP contribution in [0, 0.1) is 0 Å². The van der Waals surface area contributed by atoms with Gasteiger partial charge in [-0.15, -0.1) is 0 Å². The third-order valence-electron chi connectivity index (χ3n) is 6.31. The average Bonchev–Trinajstić information content (AvgIpc) is 2.85. The predicted molar refractivity (Wildman–Crippen MR) is 153 cm³/mol. The van der Waals surface area contributed by atoms with Gasteiger partial charge in [0.1, 0.15) is 6.04 Å². The third-order valence-corrected chi connectivity index (χ3v) is 6.56. The molecule has 0 saturated carbocycles. The van der Waals surface area contributed by atoms with E-state index in [0.717, 1.165) is 16.7 Å². The fourth-order valence-corrected chi connectivity index (χ4v) is 4.38. The molecule has 4 nitrogen and oxygen atoms in total. The largest absolute Gasteiger partial charge is 0.350 e. The van der Waals surface area contributed by atoms with E-state index in [1.807, 2.05) is 75.4 Å². The number of carbonyl (C=O) groups is 2. The van der Waals surface area contributed by atoms with Crippen LogP contribution in [0.1, 0.15) is 69.2 Å². The highest BCUT2D eigenvalue weighted by atomic mass is 35.5. The number of aryl methyl sites for hydroxylation is 1. The Morgan fingerprint density at radius 2 is 1.43 bits per heavy atom. The van der Waals surface area contributed by atoms with Gasteiger partial charge in [0, 0.05) is 29.9 Å². The fourth-order valence-electron chi connectivity index (χ4n) is 4.26. The summed E-state index contributed by atoms with van der Waals surface area (Å²) < 4.78 is 0. The molecule has 1 atom stereocenters. The molecule has 0 saturated heterocycles. The van der Waals surface area contributed by atoms with Crippen LogP contribution in [0.15, 0.2) is 78.9 Å². The minimum Gasteiger partial charge on any atom is -0.350 e. The lowest BCUT2D eigenvalue weighted by atomic mass is 9.98. The molecule has 1 N–H and O–H groups in total. The third kappa shape index (κ3) is 9.05. The van der Waals surface area contributed by atoms with Gasteiger partial charge >= 0.3 is 0 Å². The molecule has 0 bridgehead atoms. The second-order valence-electron chi connectivity index (χ2n) is 11.0. The van der Waals surface area contributed by atoms with Gasteiger partial charge in [-0.25, -0.2) is 0 Å². The summed E-state index contributed by atoms with van der Waals surface area (Å²) in [5.41, 5.74) is 3.92. The second-order valence-corrected chi connectivity index (χ2v) is 11.4. The van der Waals surface area contributed by atoms with Crippen LogP contribution >= 0.6 is 11.6 Å². The Morgan fingerprint density at radius 3 is 2.00 bits per heavy atom. The zero-order valence-corrected chi connectivity index (χ0v) is 23.4. The first kappa shape index (κ1) is 28.5. The number of hydrogen-bond donors (Lipinski definition) is 1. The Morgan fingerprint density at radius 1 is 0.838 bits per heavy atom. The van der Waals surface area contributed by atoms with Crippen LogP contribution in [0.25, 0.3) is 0 Å². The van der Waals surface area contributed by atoms with Gasteiger partial charge in [0.2, 0.25) is 11.8 Å². The lowest BCUT2D eigenvalue weighted by molar-refractivity contribution is -0.141. The van der Waals surface area contributed by atoms with E-state index in [4.69, 9.17) is 11.6 Å². The van der Waals surface area contributed by atoms with Crippen molar-refractivity contribution in [2.75, 3.05) is 0 Å². The first-order valence-electron chi connectivity index (χ1n) is 13.0. The molecular weight excluding hydrogens is 480 g/mol. The first-order chi connectivity index (χ1) is 17.5. The maximum absolute atomic E-state index is 13.8. The summed E-state index contributed by atoms with van der Waals surface area (Å²) in [7, 11) is 0. The van der Waals surface area contributed by atoms with E-state index in [1.54, 1.807) is 4.90 Å². The normalized spacial score (nSPS) is 12.3. The van der Waals surface area contributed by atoms with Gasteiger partial charge < -0.3 is 10.2 Å². The molecule has 0 spiro atoms. The summed E-state index contributed by atoms with van der Waals surface area (Å²) in [6.07, 6.45) is 1.38. The quantitative estimate of drug-likeness (QED) is 0.315. The molecule has 0 aliphatic rings. The van der Waals surface area contributed by atoms with E-state index < -0.39 is 11.6 Å². The van der Waals surface area contributed by atoms with Crippen LogP contribution in [0.5, 0.6) is 0 Å². The zero-order valence-electron chi connectivity index (χ0n) is 22.6. The van der Waals surface area contributed by atoms with Crippen molar-refractivity contribution in [2.24, 2.45) is 0 Å². The number of amides is 2. The van der Waals surface area contributed by atoms with Gasteiger partial charge in [-0.2, -0.15) is 0 Å². The minimum atomic E-state index is -0.645. The summed E-state index contributed by atoms with van der Waals surface area (Å²) in [4.78, 5) is 29.1. The van der Waals surface area contributed by atoms with Crippen molar-refractivity contribution >= 4 is 23.4 Å². The number of nitrogens with zero attached hydrogens (tertiary/aromatic N) is 1. The summed E-state index contributed by atoms with van der Waals surface area (Å²) in [5.74, 6) is 0.262. The highest BCUT2D eigenvalue weighted by Gasteiger charge is 2.32. The van der Waals surface area contributed by atoms with Crippen molar-refractivity contribution in [3.63, 3.8) is 0 Å². The monoisotopic (exact) mass is 518 g/mol. The van der Waals surface area contributed by atoms with Crippen LogP contribution in [0.3, 0.4) is 0 Å². The number of nitrogens with one attached hydrogen (secondary N) is 1. The van der Waals surface area contributed by atoms with Crippen molar-refractivity contribution < 1.29 is 9.59 Å². The number of halogens is 1. The molecule has 0 heterocycles. The van der Waals surface area contributed by atoms with E-state index in [0.29, 0.717) is 36.7 Å². The van der Waals surface area contributed by atoms with Crippen LogP contribution in [0.4, 0.5) is 0 Å². The number of benzene rings is 3. The molecule has 0 radical (unpaired) electrons. The van der Waals surface area contributed by atoms with Crippen LogP contribution < -0.4 is 5.32 Å². The van der Waals surface area contributed by atoms with Crippen molar-refractivity contribution in [3.05, 3.63) is 106 Å². The molecule has 0 aliphatic carbocycles. The summed E-state index contributed by atoms with van der Waals surface area (Å²) in [6, 6.07) is 25.1. The molecule has 5 heteroatoms. The fraction of sp³-hybridized carbons (Fsp3) is 0.375. The van der Waals surface area contributed by atoms with Crippen LogP contribution in [0.2, 0.25) is 5.02 Å². The van der Waals surface area contributed by atoms with E-state index in [9.17, 15) is 9.59 Å². The van der Waals surface area contributed by atoms with Crippen LogP contribution in [-0.2, 0) is 29.0 Å². The Hall–Kier alpha value is -3.11. The molecule has 2 amide bonds. The standard InChI is InChI=1S/C32H39ClN2O2/c1-23(2)27-16-11-24(12-17-27)15-20-30(36)35(22-26-13-18-28(33)19-14-26)29(31(37)34-32(3,4)5)21-25-9-7-6-8-10-25/h6-14,16-19,23,29H,15,20-22H2,1-5H3,(H,34,37)/t29-/m0/s1. The van der Waals surface area contributed by atoms with Crippen molar-refractivity contribution in [1.82, 2.24) is 10.2 Å². The summed E-state index contributed by atoms with van der Waals surface area (Å²) in [6.45, 7) is 10.5. The lowest BCUT2D eigenvalue weighted by Gasteiger charge is -2.34. The van der Waals surface area contributed by atoms with Gasteiger partial charge in [-0.3, -0.25) is 9.59 Å². The van der Waals surface area contributed by atoms with E-state index >= 15 is 0 Å². The molecule has 3 aromatic carbocycles. The highest BCUT2D eigenvalue weighted by molar-refractivity contribution is 6.30. The molecule has 37 heavy (non-hydrogen) atoms. The molecule has 3 rings (SSSR count). The number of hydrogen-bond acceptors (Lipinski definition) is 2. The average molecular weight is 519 g/mol. The van der Waals surface area contributed by atoms with Crippen LogP contribution in [-0.4, -0.2) is 28.3 Å². The van der Waals surface area contributed by atoms with Crippen molar-refractivity contribution in [1.29, 1.82) is 0 Å². The molecular formula is C32H39ClN2O2. The van der Waals surface area contributed by atoms with Gasteiger partial charge in [0.05, 0.1) is 0 Å². The molecule has 0 aliphatic heterocycles. The molecule has 0 aromatic heterocycles. The Kier molecular flexibility index (Phi) is 9.93. The SMILES string of the molecule is CC(C)c1ccc(CCC(=O)N(Cc2ccc(Cl)cc2)[C@@H](Cc2ccccc2)C(=O)NC(C)(C)C)cc1. The maximum atomic E-state index is 13.8. The van der Waals surface area contributed by atoms with Crippen molar-refractivity contribution in [3.8, 4) is 0 Å². The Labute approximate surface area is 227 Å². The Bertz CT molecular complexity index is 1150. The molecule has 196 valence electrons. The second kappa shape index (κ2) is 12.9. The molecule has 3 aromatic rings. The summed E-state index contributed by atoms with van der Waals surface area (Å²) >= 11 is 6.11. The van der Waals surface area contributed by atoms with E-state index in [2.05, 4.69) is 43.4 Å². The van der Waals surface area contributed by atoms with E-state index in [1.165, 1.54) is 5.56 Å². The lowest BCUT2D eigenvalue weighted by Crippen LogP contribution is -2.54. The zero-order chi connectivity index (χ0) is 27.0. The maximum Gasteiger partial charge on any atom is 0.243 e. The van der Waals surface area contributed by atoms with E-state index in [-0.39, 0.29) is 11.8 Å². The topological polar surface area (TPSA) is 49.4 Å². The number of rotatable bonds is 10. The van der Waals surface area contributed by atoms with Gasteiger partial charge in [0.15, 0.2) is 0 Å². The molecule has 0 fully saturated rings. The van der Waals surface area contributed by atoms with Gasteiger partial charge in [-0.1, -0.05) is 92.2 Å². The van der Waals surface area contributed by atoms with Crippen molar-refractivity contribution in [2.45, 2.75) is 77.9 Å². The highest BCUT2D eigenvalue weighted by Crippen LogP contribution is 2.20. The smallest absolute Gasteiger partial charge is 0.243 e. The molecule has 0 unspecified atom stereocenters. The predicted octanol–water partition coefficient (Wildman–Crippen LogP) is 6.95. The first-order valence-corrected chi connectivity index (χ1v) is 13.4. The minimum absolute atomic E-state index is 0.0483. The van der Waals surface area contributed by atoms with Gasteiger partial charge in [0.25, 0.3) is 0 Å².